The topological polar surface area (TPSA) is 46.4 Å². The van der Waals surface area contributed by atoms with Gasteiger partial charge in [0.05, 0.1) is 18.2 Å². The third-order valence-electron chi connectivity index (χ3n) is 2.83. The van der Waals surface area contributed by atoms with Gasteiger partial charge in [-0.15, -0.1) is 22.7 Å². The number of nitrogens with zero attached hydrogens (tertiary/aromatic N) is 2. The highest BCUT2D eigenvalue weighted by atomic mass is 32.1. The van der Waals surface area contributed by atoms with Crippen LogP contribution in [0.1, 0.15) is 23.5 Å². The molecule has 4 nitrogen and oxygen atoms in total. The Bertz CT molecular complexity index is 655. The average molecular weight is 291 g/mol. The van der Waals surface area contributed by atoms with E-state index in [2.05, 4.69) is 10.3 Å². The van der Waals surface area contributed by atoms with Crippen LogP contribution in [-0.4, -0.2) is 15.3 Å². The van der Waals surface area contributed by atoms with Gasteiger partial charge in [-0.25, -0.2) is 4.98 Å². The molecule has 3 aromatic rings. The van der Waals surface area contributed by atoms with Crippen molar-refractivity contribution in [1.29, 1.82) is 0 Å². The Morgan fingerprint density at radius 3 is 3.11 bits per heavy atom. The van der Waals surface area contributed by atoms with Gasteiger partial charge in [-0.3, -0.25) is 9.20 Å². The van der Waals surface area contributed by atoms with Crippen LogP contribution in [0, 0.1) is 0 Å². The van der Waals surface area contributed by atoms with E-state index in [1.165, 1.54) is 4.88 Å². The molecule has 0 fully saturated rings. The minimum Gasteiger partial charge on any atom is -0.348 e. The number of nitrogens with one attached hydrogen (secondary N) is 1. The maximum Gasteiger partial charge on any atom is 0.226 e. The standard InChI is InChI=1S/C13H13N3OS2/c1-9(11-3-2-5-18-11)14-12(17)7-10-8-16-4-6-19-13(16)15-10/h2-6,8-9H,7H2,1H3,(H,14,17)/t9-/m0/s1. The summed E-state index contributed by atoms with van der Waals surface area (Å²) in [6, 6.07) is 4.07. The van der Waals surface area contributed by atoms with Crippen molar-refractivity contribution in [3.05, 3.63) is 45.9 Å². The molecule has 0 unspecified atom stereocenters. The first-order chi connectivity index (χ1) is 9.22. The smallest absolute Gasteiger partial charge is 0.226 e. The van der Waals surface area contributed by atoms with E-state index in [0.717, 1.165) is 10.7 Å². The Hall–Kier alpha value is -1.66. The summed E-state index contributed by atoms with van der Waals surface area (Å²) < 4.78 is 1.94. The van der Waals surface area contributed by atoms with Crippen molar-refractivity contribution in [2.45, 2.75) is 19.4 Å². The summed E-state index contributed by atoms with van der Waals surface area (Å²) in [7, 11) is 0. The van der Waals surface area contributed by atoms with Gasteiger partial charge >= 0.3 is 0 Å². The van der Waals surface area contributed by atoms with Gasteiger partial charge in [0.25, 0.3) is 0 Å². The average Bonchev–Trinajstić information content (AvgIpc) is 3.03. The van der Waals surface area contributed by atoms with Gasteiger partial charge in [0.1, 0.15) is 0 Å². The van der Waals surface area contributed by atoms with Gasteiger partial charge in [0.15, 0.2) is 4.96 Å². The first kappa shape index (κ1) is 12.4. The van der Waals surface area contributed by atoms with Crippen molar-refractivity contribution in [3.63, 3.8) is 0 Å². The molecule has 0 bridgehead atoms. The summed E-state index contributed by atoms with van der Waals surface area (Å²) in [6.07, 6.45) is 4.17. The molecule has 6 heteroatoms. The summed E-state index contributed by atoms with van der Waals surface area (Å²) in [4.78, 5) is 18.5. The second kappa shape index (κ2) is 5.14. The van der Waals surface area contributed by atoms with E-state index in [1.807, 2.05) is 46.6 Å². The van der Waals surface area contributed by atoms with Gasteiger partial charge in [-0.1, -0.05) is 6.07 Å². The quantitative estimate of drug-likeness (QED) is 0.803. The summed E-state index contributed by atoms with van der Waals surface area (Å²) in [5, 5.41) is 6.99. The molecule has 0 aliphatic carbocycles. The Morgan fingerprint density at radius 2 is 2.37 bits per heavy atom. The minimum atomic E-state index is 0.00616. The second-order valence-electron chi connectivity index (χ2n) is 4.31. The maximum absolute atomic E-state index is 12.0. The van der Waals surface area contributed by atoms with Crippen LogP contribution in [0.3, 0.4) is 0 Å². The number of carbonyl (C=O) groups excluding carboxylic acids is 1. The highest BCUT2D eigenvalue weighted by Gasteiger charge is 2.12. The van der Waals surface area contributed by atoms with E-state index < -0.39 is 0 Å². The molecule has 0 aliphatic heterocycles. The van der Waals surface area contributed by atoms with Crippen molar-refractivity contribution in [3.8, 4) is 0 Å². The lowest BCUT2D eigenvalue weighted by Crippen LogP contribution is -2.27. The van der Waals surface area contributed by atoms with Crippen molar-refractivity contribution in [2.75, 3.05) is 0 Å². The number of imidazole rings is 1. The number of hydrogen-bond donors (Lipinski definition) is 1. The Morgan fingerprint density at radius 1 is 1.47 bits per heavy atom. The number of carbonyl (C=O) groups is 1. The monoisotopic (exact) mass is 291 g/mol. The molecule has 1 atom stereocenters. The SMILES string of the molecule is C[C@H](NC(=O)Cc1cn2ccsc2n1)c1cccs1. The molecule has 3 aromatic heterocycles. The molecule has 19 heavy (non-hydrogen) atoms. The second-order valence-corrected chi connectivity index (χ2v) is 6.16. The number of aromatic nitrogens is 2. The van der Waals surface area contributed by atoms with E-state index in [9.17, 15) is 4.79 Å². The molecular formula is C13H13N3OS2. The Balaban J connectivity index is 1.63. The van der Waals surface area contributed by atoms with Crippen LogP contribution >= 0.6 is 22.7 Å². The van der Waals surface area contributed by atoms with Crippen LogP contribution in [0.15, 0.2) is 35.3 Å². The highest BCUT2D eigenvalue weighted by Crippen LogP contribution is 2.18. The maximum atomic E-state index is 12.0. The molecule has 1 N–H and O–H groups in total. The summed E-state index contributed by atoms with van der Waals surface area (Å²) >= 11 is 3.22. The van der Waals surface area contributed by atoms with Gasteiger partial charge in [0, 0.05) is 22.7 Å². The van der Waals surface area contributed by atoms with Crippen molar-refractivity contribution in [2.24, 2.45) is 0 Å². The molecule has 0 saturated carbocycles. The zero-order chi connectivity index (χ0) is 13.2. The lowest BCUT2D eigenvalue weighted by atomic mass is 10.2. The van der Waals surface area contributed by atoms with Crippen LogP contribution in [0.5, 0.6) is 0 Å². The fourth-order valence-electron chi connectivity index (χ4n) is 1.93. The lowest BCUT2D eigenvalue weighted by molar-refractivity contribution is -0.121. The zero-order valence-electron chi connectivity index (χ0n) is 10.4. The normalized spacial score (nSPS) is 12.7. The molecular weight excluding hydrogens is 278 g/mol. The molecule has 3 rings (SSSR count). The lowest BCUT2D eigenvalue weighted by Gasteiger charge is -2.11. The van der Waals surface area contributed by atoms with Crippen LogP contribution in [-0.2, 0) is 11.2 Å². The number of hydrogen-bond acceptors (Lipinski definition) is 4. The molecule has 0 saturated heterocycles. The number of thiophene rings is 1. The Labute approximate surface area is 118 Å². The largest absolute Gasteiger partial charge is 0.348 e. The van der Waals surface area contributed by atoms with Crippen LogP contribution in [0.25, 0.3) is 4.96 Å². The van der Waals surface area contributed by atoms with E-state index >= 15 is 0 Å². The third kappa shape index (κ3) is 2.69. The molecule has 0 aromatic carbocycles. The summed E-state index contributed by atoms with van der Waals surface area (Å²) in [6.45, 7) is 2.00. The van der Waals surface area contributed by atoms with Gasteiger partial charge < -0.3 is 5.32 Å². The van der Waals surface area contributed by atoms with Crippen LogP contribution in [0.2, 0.25) is 0 Å². The van der Waals surface area contributed by atoms with Crippen LogP contribution < -0.4 is 5.32 Å². The van der Waals surface area contributed by atoms with Crippen molar-refractivity contribution >= 4 is 33.5 Å². The fraction of sp³-hybridized carbons (Fsp3) is 0.231. The first-order valence-corrected chi connectivity index (χ1v) is 7.72. The van der Waals surface area contributed by atoms with E-state index in [1.54, 1.807) is 22.7 Å². The summed E-state index contributed by atoms with van der Waals surface area (Å²) in [5.74, 6) is 0.00616. The summed E-state index contributed by atoms with van der Waals surface area (Å²) in [5.41, 5.74) is 0.808. The third-order valence-corrected chi connectivity index (χ3v) is 4.66. The predicted octanol–water partition coefficient (Wildman–Crippen LogP) is 2.88. The van der Waals surface area contributed by atoms with Gasteiger partial charge in [-0.2, -0.15) is 0 Å². The van der Waals surface area contributed by atoms with Crippen molar-refractivity contribution in [1.82, 2.24) is 14.7 Å². The fourth-order valence-corrected chi connectivity index (χ4v) is 3.38. The van der Waals surface area contributed by atoms with Crippen LogP contribution in [0.4, 0.5) is 0 Å². The number of rotatable bonds is 4. The minimum absolute atomic E-state index is 0.00616. The predicted molar refractivity (Wildman–Crippen MR) is 77.6 cm³/mol. The zero-order valence-corrected chi connectivity index (χ0v) is 12.0. The van der Waals surface area contributed by atoms with E-state index in [0.29, 0.717) is 6.42 Å². The highest BCUT2D eigenvalue weighted by molar-refractivity contribution is 7.15. The molecule has 1 amide bonds. The van der Waals surface area contributed by atoms with E-state index in [-0.39, 0.29) is 11.9 Å². The molecule has 0 radical (unpaired) electrons. The Kier molecular flexibility index (Phi) is 3.35. The number of fused-ring (bicyclic) bond motifs is 1. The molecule has 98 valence electrons. The molecule has 3 heterocycles. The molecule has 0 aliphatic rings. The van der Waals surface area contributed by atoms with Gasteiger partial charge in [0.2, 0.25) is 5.91 Å². The number of amides is 1. The van der Waals surface area contributed by atoms with Gasteiger partial charge in [-0.05, 0) is 18.4 Å². The number of thiazole rings is 1. The van der Waals surface area contributed by atoms with Crippen molar-refractivity contribution < 1.29 is 4.79 Å². The van der Waals surface area contributed by atoms with E-state index in [4.69, 9.17) is 0 Å². The molecule has 0 spiro atoms. The first-order valence-electron chi connectivity index (χ1n) is 5.96.